The fraction of sp³-hybridized carbons (Fsp3) is 0.571. The first-order valence-corrected chi connectivity index (χ1v) is 3.11. The highest BCUT2D eigenvalue weighted by atomic mass is 16.5. The number of aldehydes is 1. The molecule has 0 aromatic heterocycles. The Morgan fingerprint density at radius 2 is 2.22 bits per heavy atom. The molecule has 0 bridgehead atoms. The standard InChI is InChI=1S/C7H12O2/c1-3-7(5-8)6-9-4-2/h5-6H,3-4H2,1-2H3. The number of hydrogen-bond donors (Lipinski definition) is 0. The average molecular weight is 128 g/mol. The van der Waals surface area contributed by atoms with Gasteiger partial charge in [0.1, 0.15) is 6.29 Å². The van der Waals surface area contributed by atoms with E-state index in [1.807, 2.05) is 13.8 Å². The summed E-state index contributed by atoms with van der Waals surface area (Å²) >= 11 is 0. The van der Waals surface area contributed by atoms with Gasteiger partial charge in [-0.05, 0) is 13.3 Å². The van der Waals surface area contributed by atoms with Crippen molar-refractivity contribution in [3.05, 3.63) is 11.8 Å². The molecule has 0 aromatic rings. The Kier molecular flexibility index (Phi) is 4.88. The fourth-order valence-corrected chi connectivity index (χ4v) is 0.385. The molecule has 0 saturated heterocycles. The molecular formula is C7H12O2. The van der Waals surface area contributed by atoms with Gasteiger partial charge < -0.3 is 4.74 Å². The third-order valence-electron chi connectivity index (χ3n) is 0.961. The molecule has 9 heavy (non-hydrogen) atoms. The predicted molar refractivity (Wildman–Crippen MR) is 36.1 cm³/mol. The van der Waals surface area contributed by atoms with Crippen LogP contribution in [0.1, 0.15) is 20.3 Å². The van der Waals surface area contributed by atoms with Crippen molar-refractivity contribution in [3.8, 4) is 0 Å². The van der Waals surface area contributed by atoms with Crippen LogP contribution in [-0.2, 0) is 9.53 Å². The maximum Gasteiger partial charge on any atom is 0.149 e. The van der Waals surface area contributed by atoms with E-state index in [2.05, 4.69) is 0 Å². The molecule has 0 aliphatic rings. The summed E-state index contributed by atoms with van der Waals surface area (Å²) in [6.45, 7) is 4.42. The van der Waals surface area contributed by atoms with Crippen LogP contribution in [0, 0.1) is 0 Å². The second kappa shape index (κ2) is 5.35. The van der Waals surface area contributed by atoms with Gasteiger partial charge in [-0.1, -0.05) is 6.92 Å². The van der Waals surface area contributed by atoms with E-state index in [9.17, 15) is 4.79 Å². The zero-order valence-electron chi connectivity index (χ0n) is 5.89. The summed E-state index contributed by atoms with van der Waals surface area (Å²) in [5, 5.41) is 0. The van der Waals surface area contributed by atoms with Gasteiger partial charge in [0.25, 0.3) is 0 Å². The third-order valence-corrected chi connectivity index (χ3v) is 0.961. The molecule has 0 N–H and O–H groups in total. The molecule has 0 atom stereocenters. The summed E-state index contributed by atoms with van der Waals surface area (Å²) in [6, 6.07) is 0. The molecule has 0 unspecified atom stereocenters. The van der Waals surface area contributed by atoms with Crippen LogP contribution in [0.25, 0.3) is 0 Å². The van der Waals surface area contributed by atoms with E-state index in [-0.39, 0.29) is 0 Å². The monoisotopic (exact) mass is 128 g/mol. The molecule has 0 aliphatic heterocycles. The number of allylic oxidation sites excluding steroid dienone is 1. The van der Waals surface area contributed by atoms with Crippen LogP contribution in [0.5, 0.6) is 0 Å². The second-order valence-electron chi connectivity index (χ2n) is 1.62. The van der Waals surface area contributed by atoms with Crippen LogP contribution >= 0.6 is 0 Å². The van der Waals surface area contributed by atoms with Gasteiger partial charge in [0.2, 0.25) is 0 Å². The van der Waals surface area contributed by atoms with Gasteiger partial charge >= 0.3 is 0 Å². The van der Waals surface area contributed by atoms with E-state index in [0.29, 0.717) is 12.2 Å². The molecule has 52 valence electrons. The Bertz CT molecular complexity index is 105. The topological polar surface area (TPSA) is 26.3 Å². The van der Waals surface area contributed by atoms with Crippen LogP contribution in [0.2, 0.25) is 0 Å². The highest BCUT2D eigenvalue weighted by Crippen LogP contribution is 1.94. The molecule has 0 radical (unpaired) electrons. The lowest BCUT2D eigenvalue weighted by atomic mass is 10.3. The van der Waals surface area contributed by atoms with Crippen molar-refractivity contribution in [2.75, 3.05) is 6.61 Å². The summed E-state index contributed by atoms with van der Waals surface area (Å²) in [4.78, 5) is 10.1. The number of hydrogen-bond acceptors (Lipinski definition) is 2. The maximum atomic E-state index is 10.1. The number of ether oxygens (including phenoxy) is 1. The van der Waals surface area contributed by atoms with Crippen molar-refractivity contribution in [3.63, 3.8) is 0 Å². The normalized spacial score (nSPS) is 11.1. The van der Waals surface area contributed by atoms with Crippen molar-refractivity contribution in [1.29, 1.82) is 0 Å². The Morgan fingerprint density at radius 1 is 1.56 bits per heavy atom. The van der Waals surface area contributed by atoms with Crippen LogP contribution in [0.15, 0.2) is 11.8 Å². The molecule has 0 heterocycles. The van der Waals surface area contributed by atoms with Crippen LogP contribution in [0.3, 0.4) is 0 Å². The third kappa shape index (κ3) is 3.76. The Labute approximate surface area is 55.5 Å². The maximum absolute atomic E-state index is 10.1. The van der Waals surface area contributed by atoms with Crippen molar-refractivity contribution in [2.24, 2.45) is 0 Å². The van der Waals surface area contributed by atoms with Crippen LogP contribution in [0.4, 0.5) is 0 Å². The smallest absolute Gasteiger partial charge is 0.149 e. The number of carbonyl (C=O) groups is 1. The van der Waals surface area contributed by atoms with E-state index in [0.717, 1.165) is 12.7 Å². The van der Waals surface area contributed by atoms with Gasteiger partial charge in [0.05, 0.1) is 12.9 Å². The minimum Gasteiger partial charge on any atom is -0.501 e. The van der Waals surface area contributed by atoms with Crippen LogP contribution < -0.4 is 0 Å². The Balaban J connectivity index is 3.61. The summed E-state index contributed by atoms with van der Waals surface area (Å²) in [5.41, 5.74) is 0.705. The predicted octanol–water partition coefficient (Wildman–Crippen LogP) is 1.52. The first kappa shape index (κ1) is 8.21. The number of carbonyl (C=O) groups excluding carboxylic acids is 1. The highest BCUT2D eigenvalue weighted by Gasteiger charge is 1.87. The van der Waals surface area contributed by atoms with E-state index >= 15 is 0 Å². The number of rotatable bonds is 4. The lowest BCUT2D eigenvalue weighted by Gasteiger charge is -1.94. The SMILES string of the molecule is CCOC=C(C=O)CC. The van der Waals surface area contributed by atoms with Crippen LogP contribution in [-0.4, -0.2) is 12.9 Å². The molecule has 0 amide bonds. The van der Waals surface area contributed by atoms with Gasteiger partial charge in [-0.15, -0.1) is 0 Å². The van der Waals surface area contributed by atoms with Gasteiger partial charge in [-0.2, -0.15) is 0 Å². The van der Waals surface area contributed by atoms with Gasteiger partial charge in [0.15, 0.2) is 0 Å². The van der Waals surface area contributed by atoms with Gasteiger partial charge in [-0.3, -0.25) is 4.79 Å². The quantitative estimate of drug-likeness (QED) is 0.326. The zero-order chi connectivity index (χ0) is 7.11. The highest BCUT2D eigenvalue weighted by molar-refractivity contribution is 5.72. The molecule has 2 heteroatoms. The summed E-state index contributed by atoms with van der Waals surface area (Å²) in [5.74, 6) is 0. The Hall–Kier alpha value is -0.790. The molecule has 2 nitrogen and oxygen atoms in total. The summed E-state index contributed by atoms with van der Waals surface area (Å²) in [7, 11) is 0. The van der Waals surface area contributed by atoms with Gasteiger partial charge in [-0.25, -0.2) is 0 Å². The van der Waals surface area contributed by atoms with Gasteiger partial charge in [0, 0.05) is 5.57 Å². The van der Waals surface area contributed by atoms with E-state index in [1.54, 1.807) is 0 Å². The van der Waals surface area contributed by atoms with Crippen molar-refractivity contribution >= 4 is 6.29 Å². The van der Waals surface area contributed by atoms with E-state index in [4.69, 9.17) is 4.74 Å². The molecular weight excluding hydrogens is 116 g/mol. The van der Waals surface area contributed by atoms with Crippen molar-refractivity contribution < 1.29 is 9.53 Å². The minimum atomic E-state index is 0.622. The fourth-order valence-electron chi connectivity index (χ4n) is 0.385. The first-order chi connectivity index (χ1) is 4.35. The minimum absolute atomic E-state index is 0.622. The average Bonchev–Trinajstić information content (AvgIpc) is 1.91. The molecule has 0 saturated carbocycles. The molecule has 0 spiro atoms. The molecule has 0 aliphatic carbocycles. The lowest BCUT2D eigenvalue weighted by molar-refractivity contribution is -0.105. The van der Waals surface area contributed by atoms with E-state index in [1.165, 1.54) is 6.26 Å². The molecule has 0 fully saturated rings. The molecule has 0 rings (SSSR count). The summed E-state index contributed by atoms with van der Waals surface area (Å²) in [6.07, 6.45) is 3.06. The summed E-state index contributed by atoms with van der Waals surface area (Å²) < 4.78 is 4.88. The largest absolute Gasteiger partial charge is 0.501 e. The lowest BCUT2D eigenvalue weighted by Crippen LogP contribution is -1.85. The molecule has 0 aromatic carbocycles. The van der Waals surface area contributed by atoms with E-state index < -0.39 is 0 Å². The van der Waals surface area contributed by atoms with Crippen molar-refractivity contribution in [2.45, 2.75) is 20.3 Å². The Morgan fingerprint density at radius 3 is 2.56 bits per heavy atom. The van der Waals surface area contributed by atoms with Crippen molar-refractivity contribution in [1.82, 2.24) is 0 Å². The zero-order valence-corrected chi connectivity index (χ0v) is 5.89. The first-order valence-electron chi connectivity index (χ1n) is 3.11. The second-order valence-corrected chi connectivity index (χ2v) is 1.62.